The maximum atomic E-state index is 12.2. The van der Waals surface area contributed by atoms with Crippen molar-refractivity contribution in [2.45, 2.75) is 13.3 Å². The number of hydrogen-bond donors (Lipinski definition) is 2. The molecule has 1 amide bonds. The Hall–Kier alpha value is -2.18. The lowest BCUT2D eigenvalue weighted by atomic mass is 10.2. The van der Waals surface area contributed by atoms with Crippen LogP contribution in [-0.2, 0) is 4.74 Å². The molecule has 0 saturated carbocycles. The van der Waals surface area contributed by atoms with Gasteiger partial charge in [-0.3, -0.25) is 4.79 Å². The zero-order valence-electron chi connectivity index (χ0n) is 13.1. The Kier molecular flexibility index (Phi) is 6.31. The Morgan fingerprint density at radius 1 is 1.30 bits per heavy atom. The molecule has 1 aromatic carbocycles. The van der Waals surface area contributed by atoms with Crippen molar-refractivity contribution >= 4 is 29.0 Å². The normalized spacial score (nSPS) is 10.4. The second kappa shape index (κ2) is 8.45. The molecule has 6 nitrogen and oxygen atoms in total. The standard InChI is InChI=1S/C16H19ClN4O2/c1-11-4-5-12(17)8-13(11)21-16(22)14-9-20-15(10-19-14)18-6-3-7-23-2/h4-5,8-10H,3,6-7H2,1-2H3,(H,18,20)(H,21,22). The van der Waals surface area contributed by atoms with Gasteiger partial charge < -0.3 is 15.4 Å². The lowest BCUT2D eigenvalue weighted by Crippen LogP contribution is -2.15. The number of aryl methyl sites for hydroxylation is 1. The Bertz CT molecular complexity index is 662. The second-order valence-corrected chi connectivity index (χ2v) is 5.41. The number of hydrogen-bond acceptors (Lipinski definition) is 5. The summed E-state index contributed by atoms with van der Waals surface area (Å²) < 4.78 is 4.97. The molecule has 0 aliphatic heterocycles. The smallest absolute Gasteiger partial charge is 0.275 e. The molecule has 0 aliphatic rings. The zero-order valence-corrected chi connectivity index (χ0v) is 13.9. The van der Waals surface area contributed by atoms with Crippen LogP contribution in [0.25, 0.3) is 0 Å². The summed E-state index contributed by atoms with van der Waals surface area (Å²) in [5.74, 6) is 0.297. The van der Waals surface area contributed by atoms with E-state index in [0.29, 0.717) is 23.1 Å². The van der Waals surface area contributed by atoms with Gasteiger partial charge in [-0.25, -0.2) is 9.97 Å². The number of amides is 1. The van der Waals surface area contributed by atoms with Gasteiger partial charge in [0.1, 0.15) is 11.5 Å². The fraction of sp³-hybridized carbons (Fsp3) is 0.312. The highest BCUT2D eigenvalue weighted by Gasteiger charge is 2.10. The lowest BCUT2D eigenvalue weighted by molar-refractivity contribution is 0.102. The summed E-state index contributed by atoms with van der Waals surface area (Å²) in [4.78, 5) is 20.5. The van der Waals surface area contributed by atoms with E-state index in [2.05, 4.69) is 20.6 Å². The van der Waals surface area contributed by atoms with Crippen LogP contribution in [0.15, 0.2) is 30.6 Å². The van der Waals surface area contributed by atoms with Crippen LogP contribution >= 0.6 is 11.6 Å². The summed E-state index contributed by atoms with van der Waals surface area (Å²) >= 11 is 5.94. The van der Waals surface area contributed by atoms with Gasteiger partial charge in [-0.05, 0) is 31.0 Å². The van der Waals surface area contributed by atoms with E-state index < -0.39 is 0 Å². The fourth-order valence-corrected chi connectivity index (χ4v) is 2.06. The molecule has 0 aliphatic carbocycles. The third-order valence-corrected chi connectivity index (χ3v) is 3.40. The van der Waals surface area contributed by atoms with E-state index in [1.54, 1.807) is 19.2 Å². The maximum Gasteiger partial charge on any atom is 0.275 e. The molecule has 0 unspecified atom stereocenters. The minimum absolute atomic E-state index is 0.242. The van der Waals surface area contributed by atoms with Crippen LogP contribution in [0, 0.1) is 6.92 Å². The quantitative estimate of drug-likeness (QED) is 0.761. The van der Waals surface area contributed by atoms with Gasteiger partial charge in [0.05, 0.1) is 12.4 Å². The molecule has 0 radical (unpaired) electrons. The number of ether oxygens (including phenoxy) is 1. The number of anilines is 2. The molecule has 122 valence electrons. The number of nitrogens with zero attached hydrogens (tertiary/aromatic N) is 2. The Morgan fingerprint density at radius 2 is 2.13 bits per heavy atom. The van der Waals surface area contributed by atoms with E-state index >= 15 is 0 Å². The van der Waals surface area contributed by atoms with E-state index in [1.807, 2.05) is 13.0 Å². The van der Waals surface area contributed by atoms with Crippen LogP contribution in [0.3, 0.4) is 0 Å². The van der Waals surface area contributed by atoms with Crippen LogP contribution in [0.5, 0.6) is 0 Å². The second-order valence-electron chi connectivity index (χ2n) is 4.97. The van der Waals surface area contributed by atoms with E-state index in [0.717, 1.165) is 18.5 Å². The molecule has 2 N–H and O–H groups in total. The summed E-state index contributed by atoms with van der Waals surface area (Å²) in [5.41, 5.74) is 1.82. The van der Waals surface area contributed by atoms with Gasteiger partial charge in [-0.2, -0.15) is 0 Å². The first-order valence-electron chi connectivity index (χ1n) is 7.22. The van der Waals surface area contributed by atoms with Crippen molar-refractivity contribution in [2.75, 3.05) is 30.9 Å². The molecule has 23 heavy (non-hydrogen) atoms. The van der Waals surface area contributed by atoms with Crippen LogP contribution in [0.2, 0.25) is 5.02 Å². The first-order chi connectivity index (χ1) is 11.1. The molecule has 0 bridgehead atoms. The van der Waals surface area contributed by atoms with Crippen LogP contribution < -0.4 is 10.6 Å². The summed E-state index contributed by atoms with van der Waals surface area (Å²) in [5, 5.41) is 6.46. The average Bonchev–Trinajstić information content (AvgIpc) is 2.55. The first-order valence-corrected chi connectivity index (χ1v) is 7.60. The molecular formula is C16H19ClN4O2. The largest absolute Gasteiger partial charge is 0.385 e. The number of aromatic nitrogens is 2. The van der Waals surface area contributed by atoms with Gasteiger partial charge in [-0.15, -0.1) is 0 Å². The van der Waals surface area contributed by atoms with Gasteiger partial charge in [0.25, 0.3) is 5.91 Å². The zero-order chi connectivity index (χ0) is 16.7. The van der Waals surface area contributed by atoms with Crippen molar-refractivity contribution in [3.8, 4) is 0 Å². The lowest BCUT2D eigenvalue weighted by Gasteiger charge is -2.09. The van der Waals surface area contributed by atoms with E-state index in [-0.39, 0.29) is 11.6 Å². The predicted octanol–water partition coefficient (Wildman–Crippen LogP) is 3.14. The number of halogens is 1. The SMILES string of the molecule is COCCCNc1cnc(C(=O)Nc2cc(Cl)ccc2C)cn1. The van der Waals surface area contributed by atoms with Gasteiger partial charge >= 0.3 is 0 Å². The van der Waals surface area contributed by atoms with Gasteiger partial charge in [-0.1, -0.05) is 17.7 Å². The van der Waals surface area contributed by atoms with Crippen molar-refractivity contribution in [2.24, 2.45) is 0 Å². The number of benzene rings is 1. The van der Waals surface area contributed by atoms with Gasteiger partial charge in [0.15, 0.2) is 0 Å². The number of carbonyl (C=O) groups is 1. The van der Waals surface area contributed by atoms with Gasteiger partial charge in [0.2, 0.25) is 0 Å². The Balaban J connectivity index is 1.96. The maximum absolute atomic E-state index is 12.2. The van der Waals surface area contributed by atoms with Crippen LogP contribution in [0.1, 0.15) is 22.5 Å². The molecule has 0 atom stereocenters. The van der Waals surface area contributed by atoms with Crippen molar-refractivity contribution in [3.63, 3.8) is 0 Å². The summed E-state index contributed by atoms with van der Waals surface area (Å²) in [7, 11) is 1.66. The summed E-state index contributed by atoms with van der Waals surface area (Å²) in [6.45, 7) is 3.31. The molecule has 0 saturated heterocycles. The summed E-state index contributed by atoms with van der Waals surface area (Å²) in [6, 6.07) is 5.32. The van der Waals surface area contributed by atoms with E-state index in [4.69, 9.17) is 16.3 Å². The van der Waals surface area contributed by atoms with Gasteiger partial charge in [0, 0.05) is 31.0 Å². The molecule has 2 rings (SSSR count). The number of methoxy groups -OCH3 is 1. The highest BCUT2D eigenvalue weighted by Crippen LogP contribution is 2.20. The number of nitrogens with one attached hydrogen (secondary N) is 2. The van der Waals surface area contributed by atoms with Crippen molar-refractivity contribution in [1.82, 2.24) is 9.97 Å². The summed E-state index contributed by atoms with van der Waals surface area (Å²) in [6.07, 6.45) is 3.84. The highest BCUT2D eigenvalue weighted by atomic mass is 35.5. The molecule has 1 aromatic heterocycles. The average molecular weight is 335 g/mol. The molecule has 0 fully saturated rings. The third kappa shape index (κ3) is 5.19. The van der Waals surface area contributed by atoms with Crippen molar-refractivity contribution < 1.29 is 9.53 Å². The Morgan fingerprint density at radius 3 is 2.83 bits per heavy atom. The monoisotopic (exact) mass is 334 g/mol. The van der Waals surface area contributed by atoms with Crippen molar-refractivity contribution in [3.05, 3.63) is 46.9 Å². The Labute approximate surface area is 140 Å². The molecular weight excluding hydrogens is 316 g/mol. The van der Waals surface area contributed by atoms with Crippen molar-refractivity contribution in [1.29, 1.82) is 0 Å². The van der Waals surface area contributed by atoms with E-state index in [9.17, 15) is 4.79 Å². The fourth-order valence-electron chi connectivity index (χ4n) is 1.88. The van der Waals surface area contributed by atoms with Crippen LogP contribution in [0.4, 0.5) is 11.5 Å². The molecule has 2 aromatic rings. The number of carbonyl (C=O) groups excluding carboxylic acids is 1. The third-order valence-electron chi connectivity index (χ3n) is 3.16. The topological polar surface area (TPSA) is 76.1 Å². The minimum atomic E-state index is -0.325. The minimum Gasteiger partial charge on any atom is -0.385 e. The van der Waals surface area contributed by atoms with E-state index in [1.165, 1.54) is 12.4 Å². The first kappa shape index (κ1) is 17.2. The molecule has 1 heterocycles. The number of rotatable bonds is 7. The predicted molar refractivity (Wildman–Crippen MR) is 91.2 cm³/mol. The highest BCUT2D eigenvalue weighted by molar-refractivity contribution is 6.31. The van der Waals surface area contributed by atoms with Crippen LogP contribution in [-0.4, -0.2) is 36.1 Å². The molecule has 7 heteroatoms. The molecule has 0 spiro atoms.